The molecule has 202 valence electrons. The molecule has 1 rings (SSSR count). The summed E-state index contributed by atoms with van der Waals surface area (Å²) in [5, 5.41) is 31.2. The van der Waals surface area contributed by atoms with E-state index in [1.54, 1.807) is 14.7 Å². The van der Waals surface area contributed by atoms with Gasteiger partial charge in [-0.3, -0.25) is 38.8 Å². The Balaban J connectivity index is 3.05. The van der Waals surface area contributed by atoms with Gasteiger partial charge in [0.15, 0.2) is 0 Å². The molecule has 1 atom stereocenters. The van der Waals surface area contributed by atoms with Gasteiger partial charge in [0.2, 0.25) is 5.91 Å². The summed E-state index contributed by atoms with van der Waals surface area (Å²) in [6.45, 7) is 4.35. The summed E-state index contributed by atoms with van der Waals surface area (Å²) in [4.78, 5) is 54.2. The second kappa shape index (κ2) is 17.1. The molecule has 0 aliphatic carbocycles. The Morgan fingerprint density at radius 3 is 1.66 bits per heavy atom. The number of nitrogens with one attached hydrogen (secondary N) is 1. The molecule has 0 spiro atoms. The maximum Gasteiger partial charge on any atom is 0.320 e. The van der Waals surface area contributed by atoms with Crippen molar-refractivity contribution in [2.75, 3.05) is 91.6 Å². The first-order valence-electron chi connectivity index (χ1n) is 11.9. The lowest BCUT2D eigenvalue weighted by Crippen LogP contribution is -2.52. The van der Waals surface area contributed by atoms with E-state index in [1.165, 1.54) is 0 Å². The molecular formula is C21H41N7O7. The Morgan fingerprint density at radius 2 is 1.23 bits per heavy atom. The van der Waals surface area contributed by atoms with E-state index in [4.69, 9.17) is 11.5 Å². The number of carboxylic acid groups (broad SMARTS) is 3. The number of carboxylic acids is 3. The summed E-state index contributed by atoms with van der Waals surface area (Å²) in [7, 11) is 0. The lowest BCUT2D eigenvalue weighted by atomic mass is 10.1. The fourth-order valence-corrected chi connectivity index (χ4v) is 4.00. The fourth-order valence-electron chi connectivity index (χ4n) is 4.00. The van der Waals surface area contributed by atoms with Crippen LogP contribution in [0.5, 0.6) is 0 Å². The summed E-state index contributed by atoms with van der Waals surface area (Å²) in [6, 6.07) is -0.978. The van der Waals surface area contributed by atoms with Gasteiger partial charge in [0, 0.05) is 85.0 Å². The van der Waals surface area contributed by atoms with Gasteiger partial charge < -0.3 is 32.1 Å². The molecule has 1 saturated heterocycles. The van der Waals surface area contributed by atoms with Crippen molar-refractivity contribution < 1.29 is 34.5 Å². The largest absolute Gasteiger partial charge is 0.480 e. The number of hydrogen-bond donors (Lipinski definition) is 6. The van der Waals surface area contributed by atoms with E-state index >= 15 is 0 Å². The van der Waals surface area contributed by atoms with Crippen molar-refractivity contribution in [3.05, 3.63) is 0 Å². The number of amides is 1. The second-order valence-electron chi connectivity index (χ2n) is 8.54. The Kier molecular flexibility index (Phi) is 15.0. The third kappa shape index (κ3) is 13.3. The van der Waals surface area contributed by atoms with E-state index in [0.29, 0.717) is 58.9 Å². The van der Waals surface area contributed by atoms with Crippen molar-refractivity contribution in [2.45, 2.75) is 18.9 Å². The van der Waals surface area contributed by atoms with Crippen molar-refractivity contribution in [1.82, 2.24) is 24.9 Å². The van der Waals surface area contributed by atoms with Gasteiger partial charge >= 0.3 is 17.9 Å². The topological polar surface area (TPSA) is 206 Å². The average molecular weight is 504 g/mol. The SMILES string of the molecule is NCCNC(=O)CCC(C(=O)O)N1CCN(CC(=O)O)CCN(CCN)CCN(CC(=O)O)CC1. The van der Waals surface area contributed by atoms with Crippen LogP contribution in [-0.2, 0) is 19.2 Å². The predicted molar refractivity (Wildman–Crippen MR) is 128 cm³/mol. The third-order valence-electron chi connectivity index (χ3n) is 5.87. The van der Waals surface area contributed by atoms with Crippen LogP contribution in [0.4, 0.5) is 0 Å². The molecule has 1 heterocycles. The van der Waals surface area contributed by atoms with Crippen LogP contribution in [0, 0.1) is 0 Å². The predicted octanol–water partition coefficient (Wildman–Crippen LogP) is -3.36. The van der Waals surface area contributed by atoms with Crippen LogP contribution >= 0.6 is 0 Å². The van der Waals surface area contributed by atoms with Gasteiger partial charge in [-0.05, 0) is 6.42 Å². The summed E-state index contributed by atoms with van der Waals surface area (Å²) in [5.74, 6) is -3.34. The van der Waals surface area contributed by atoms with E-state index in [1.807, 2.05) is 0 Å². The number of nitrogens with two attached hydrogens (primary N) is 2. The highest BCUT2D eigenvalue weighted by atomic mass is 16.4. The molecule has 8 N–H and O–H groups in total. The molecule has 1 aliphatic rings. The van der Waals surface area contributed by atoms with Gasteiger partial charge in [-0.25, -0.2) is 0 Å². The van der Waals surface area contributed by atoms with Gasteiger partial charge in [0.1, 0.15) is 6.04 Å². The molecule has 0 aromatic rings. The first kappa shape index (κ1) is 30.7. The molecule has 1 unspecified atom stereocenters. The van der Waals surface area contributed by atoms with Crippen molar-refractivity contribution in [3.63, 3.8) is 0 Å². The zero-order valence-electron chi connectivity index (χ0n) is 20.3. The average Bonchev–Trinajstić information content (AvgIpc) is 2.78. The number of carbonyl (C=O) groups is 4. The van der Waals surface area contributed by atoms with Gasteiger partial charge in [0.25, 0.3) is 0 Å². The van der Waals surface area contributed by atoms with E-state index in [2.05, 4.69) is 10.2 Å². The Hall–Kier alpha value is -2.36. The van der Waals surface area contributed by atoms with E-state index < -0.39 is 23.9 Å². The number of hydrogen-bond acceptors (Lipinski definition) is 10. The molecule has 0 bridgehead atoms. The Morgan fingerprint density at radius 1 is 0.743 bits per heavy atom. The lowest BCUT2D eigenvalue weighted by molar-refractivity contribution is -0.145. The molecule has 1 amide bonds. The normalized spacial score (nSPS) is 18.8. The zero-order valence-corrected chi connectivity index (χ0v) is 20.3. The van der Waals surface area contributed by atoms with Crippen LogP contribution in [0.3, 0.4) is 0 Å². The molecule has 1 fully saturated rings. The highest BCUT2D eigenvalue weighted by Crippen LogP contribution is 2.10. The highest BCUT2D eigenvalue weighted by molar-refractivity contribution is 5.78. The van der Waals surface area contributed by atoms with E-state index in [9.17, 15) is 34.5 Å². The molecule has 0 aromatic carbocycles. The van der Waals surface area contributed by atoms with Gasteiger partial charge in [-0.2, -0.15) is 0 Å². The van der Waals surface area contributed by atoms with Crippen molar-refractivity contribution in [2.24, 2.45) is 11.5 Å². The zero-order chi connectivity index (χ0) is 26.2. The van der Waals surface area contributed by atoms with E-state index in [0.717, 1.165) is 0 Å². The second-order valence-corrected chi connectivity index (χ2v) is 8.54. The molecular weight excluding hydrogens is 462 g/mol. The van der Waals surface area contributed by atoms with Crippen LogP contribution in [0.1, 0.15) is 12.8 Å². The molecule has 35 heavy (non-hydrogen) atoms. The minimum Gasteiger partial charge on any atom is -0.480 e. The summed E-state index contributed by atoms with van der Waals surface area (Å²) >= 11 is 0. The third-order valence-corrected chi connectivity index (χ3v) is 5.87. The summed E-state index contributed by atoms with van der Waals surface area (Å²) < 4.78 is 0. The van der Waals surface area contributed by atoms with Crippen LogP contribution in [0.2, 0.25) is 0 Å². The smallest absolute Gasteiger partial charge is 0.320 e. The first-order valence-corrected chi connectivity index (χ1v) is 11.9. The van der Waals surface area contributed by atoms with Crippen molar-refractivity contribution >= 4 is 23.8 Å². The quantitative estimate of drug-likeness (QED) is 0.145. The molecule has 0 aromatic heterocycles. The number of carbonyl (C=O) groups excluding carboxylic acids is 1. The maximum absolute atomic E-state index is 12.1. The lowest BCUT2D eigenvalue weighted by Gasteiger charge is -2.35. The Labute approximate surface area is 205 Å². The highest BCUT2D eigenvalue weighted by Gasteiger charge is 2.28. The van der Waals surface area contributed by atoms with Crippen LogP contribution < -0.4 is 16.8 Å². The first-order chi connectivity index (χ1) is 16.7. The summed E-state index contributed by atoms with van der Waals surface area (Å²) in [5.41, 5.74) is 11.1. The molecule has 0 radical (unpaired) electrons. The fraction of sp³-hybridized carbons (Fsp3) is 0.810. The standard InChI is InChI=1S/C21H41N7O7/c22-3-5-24-18(29)2-1-17(21(34)35)28-13-11-26(15-19(30)31)9-7-25(6-4-23)8-10-27(12-14-28)16-20(32)33/h17H,1-16,22-23H2,(H,24,29)(H,30,31)(H,32,33)(H,34,35). The molecule has 1 aliphatic heterocycles. The van der Waals surface area contributed by atoms with Crippen LogP contribution in [-0.4, -0.2) is 156 Å². The molecule has 14 heteroatoms. The van der Waals surface area contributed by atoms with Crippen LogP contribution in [0.15, 0.2) is 0 Å². The number of rotatable bonds is 13. The van der Waals surface area contributed by atoms with Gasteiger partial charge in [-0.1, -0.05) is 0 Å². The van der Waals surface area contributed by atoms with E-state index in [-0.39, 0.29) is 51.5 Å². The summed E-state index contributed by atoms with van der Waals surface area (Å²) in [6.07, 6.45) is 0.0626. The Bertz CT molecular complexity index is 650. The monoisotopic (exact) mass is 503 g/mol. The maximum atomic E-state index is 12.1. The van der Waals surface area contributed by atoms with Crippen LogP contribution in [0.25, 0.3) is 0 Å². The van der Waals surface area contributed by atoms with Crippen molar-refractivity contribution in [1.29, 1.82) is 0 Å². The van der Waals surface area contributed by atoms with Gasteiger partial charge in [0.05, 0.1) is 13.1 Å². The minimum absolute atomic E-state index is 0.000798. The van der Waals surface area contributed by atoms with Crippen molar-refractivity contribution in [3.8, 4) is 0 Å². The van der Waals surface area contributed by atoms with Gasteiger partial charge in [-0.15, -0.1) is 0 Å². The molecule has 0 saturated carbocycles. The molecule has 14 nitrogen and oxygen atoms in total. The minimum atomic E-state index is -1.09. The number of aliphatic carboxylic acids is 3. The number of nitrogens with zero attached hydrogens (tertiary/aromatic N) is 4.